The van der Waals surface area contributed by atoms with Crippen molar-refractivity contribution in [2.75, 3.05) is 0 Å². The third-order valence-electron chi connectivity index (χ3n) is 1.88. The van der Waals surface area contributed by atoms with Crippen LogP contribution in [-0.2, 0) is 4.79 Å². The summed E-state index contributed by atoms with van der Waals surface area (Å²) in [6.07, 6.45) is 0. The van der Waals surface area contributed by atoms with Crippen LogP contribution in [0.25, 0.3) is 0 Å². The molecule has 0 saturated carbocycles. The van der Waals surface area contributed by atoms with Crippen LogP contribution in [0.15, 0.2) is 24.3 Å². The molecule has 0 spiro atoms. The normalized spacial score (nSPS) is 17.1. The van der Waals surface area contributed by atoms with Crippen LogP contribution in [0.2, 0.25) is 0 Å². The van der Waals surface area contributed by atoms with Crippen LogP contribution in [0.5, 0.6) is 0 Å². The molecule has 1 aromatic carbocycles. The van der Waals surface area contributed by atoms with Gasteiger partial charge in [0.2, 0.25) is 0 Å². The van der Waals surface area contributed by atoms with Crippen LogP contribution in [0.4, 0.5) is 2.86 Å². The zero-order valence-electron chi connectivity index (χ0n) is 7.33. The SMILES string of the molecule is CC(=O)N1C(=O)c2ccccc2I1F. The Morgan fingerprint density at radius 2 is 2.07 bits per heavy atom. The summed E-state index contributed by atoms with van der Waals surface area (Å²) >= 11 is -3.22. The number of rotatable bonds is 0. The van der Waals surface area contributed by atoms with Gasteiger partial charge in [-0.25, -0.2) is 0 Å². The summed E-state index contributed by atoms with van der Waals surface area (Å²) in [7, 11) is 0. The van der Waals surface area contributed by atoms with E-state index in [4.69, 9.17) is 0 Å². The molecule has 2 amide bonds. The molecule has 74 valence electrons. The van der Waals surface area contributed by atoms with Gasteiger partial charge in [0, 0.05) is 0 Å². The van der Waals surface area contributed by atoms with Crippen molar-refractivity contribution in [3.05, 3.63) is 33.4 Å². The van der Waals surface area contributed by atoms with E-state index in [2.05, 4.69) is 0 Å². The summed E-state index contributed by atoms with van der Waals surface area (Å²) in [6.45, 7) is 1.22. The maximum atomic E-state index is 13.7. The second-order valence-corrected chi connectivity index (χ2v) is 6.19. The summed E-state index contributed by atoms with van der Waals surface area (Å²) in [5, 5.41) is 0. The van der Waals surface area contributed by atoms with E-state index in [1.807, 2.05) is 0 Å². The van der Waals surface area contributed by atoms with Crippen molar-refractivity contribution in [2.24, 2.45) is 0 Å². The fourth-order valence-electron chi connectivity index (χ4n) is 1.28. The molecule has 14 heavy (non-hydrogen) atoms. The Morgan fingerprint density at radius 3 is 2.64 bits per heavy atom. The van der Waals surface area contributed by atoms with Crippen LogP contribution >= 0.6 is 20.7 Å². The Morgan fingerprint density at radius 1 is 1.43 bits per heavy atom. The molecule has 5 heteroatoms. The molecule has 1 aliphatic rings. The van der Waals surface area contributed by atoms with Crippen molar-refractivity contribution >= 4 is 32.5 Å². The fourth-order valence-corrected chi connectivity index (χ4v) is 4.44. The van der Waals surface area contributed by atoms with E-state index in [1.54, 1.807) is 24.3 Å². The van der Waals surface area contributed by atoms with Crippen molar-refractivity contribution < 1.29 is 12.4 Å². The van der Waals surface area contributed by atoms with Gasteiger partial charge in [0.1, 0.15) is 0 Å². The number of imide groups is 1. The third-order valence-corrected chi connectivity index (χ3v) is 5.74. The molecule has 0 fully saturated rings. The van der Waals surface area contributed by atoms with Gasteiger partial charge in [-0.15, -0.1) is 0 Å². The average molecular weight is 307 g/mol. The summed E-state index contributed by atoms with van der Waals surface area (Å²) in [4.78, 5) is 22.6. The number of benzene rings is 1. The van der Waals surface area contributed by atoms with Crippen LogP contribution in [0.3, 0.4) is 0 Å². The van der Waals surface area contributed by atoms with Crippen LogP contribution in [-0.4, -0.2) is 14.9 Å². The molecule has 0 bridgehead atoms. The molecule has 1 heterocycles. The van der Waals surface area contributed by atoms with Gasteiger partial charge in [-0.2, -0.15) is 0 Å². The number of hydrogen-bond donors (Lipinski definition) is 0. The number of carbonyl (C=O) groups excluding carboxylic acids is 2. The van der Waals surface area contributed by atoms with Gasteiger partial charge in [-0.3, -0.25) is 0 Å². The van der Waals surface area contributed by atoms with Gasteiger partial charge in [0.25, 0.3) is 0 Å². The quantitative estimate of drug-likeness (QED) is 0.544. The number of amides is 2. The topological polar surface area (TPSA) is 37.4 Å². The average Bonchev–Trinajstić information content (AvgIpc) is 2.41. The van der Waals surface area contributed by atoms with Crippen LogP contribution in [0, 0.1) is 3.57 Å². The summed E-state index contributed by atoms with van der Waals surface area (Å²) < 4.78 is 14.9. The number of halogens is 2. The second-order valence-electron chi connectivity index (χ2n) is 2.80. The third kappa shape index (κ3) is 1.23. The summed E-state index contributed by atoms with van der Waals surface area (Å²) in [6, 6.07) is 6.50. The van der Waals surface area contributed by atoms with Gasteiger partial charge in [-0.05, 0) is 0 Å². The van der Waals surface area contributed by atoms with E-state index in [-0.39, 0.29) is 0 Å². The van der Waals surface area contributed by atoms with Gasteiger partial charge in [0.05, 0.1) is 0 Å². The van der Waals surface area contributed by atoms with Gasteiger partial charge in [0.15, 0.2) is 0 Å². The van der Waals surface area contributed by atoms with Crippen LogP contribution in [0.1, 0.15) is 17.3 Å². The van der Waals surface area contributed by atoms with Crippen molar-refractivity contribution in [3.63, 3.8) is 0 Å². The molecule has 0 saturated heterocycles. The first kappa shape index (κ1) is 9.57. The Hall–Kier alpha value is -0.980. The molecule has 0 unspecified atom stereocenters. The Balaban J connectivity index is 2.53. The predicted molar refractivity (Wildman–Crippen MR) is 57.1 cm³/mol. The van der Waals surface area contributed by atoms with Crippen molar-refractivity contribution in [1.82, 2.24) is 3.11 Å². The van der Waals surface area contributed by atoms with E-state index in [0.717, 1.165) is 3.11 Å². The van der Waals surface area contributed by atoms with E-state index in [9.17, 15) is 12.4 Å². The van der Waals surface area contributed by atoms with E-state index >= 15 is 0 Å². The second kappa shape index (κ2) is 3.30. The molecule has 0 atom stereocenters. The molecular weight excluding hydrogens is 300 g/mol. The maximum absolute atomic E-state index is 13.7. The molecular formula is C9H7FINO2. The number of hydrogen-bond acceptors (Lipinski definition) is 2. The molecule has 0 aliphatic carbocycles. The minimum absolute atomic E-state index is 0.343. The van der Waals surface area contributed by atoms with Crippen molar-refractivity contribution in [2.45, 2.75) is 6.92 Å². The molecule has 1 aliphatic heterocycles. The molecule has 0 aromatic heterocycles. The molecule has 0 radical (unpaired) electrons. The molecule has 1 aromatic rings. The van der Waals surface area contributed by atoms with Gasteiger partial charge < -0.3 is 0 Å². The standard InChI is InChI=1S/C9H7FINO2/c1-6(13)12-9(14)7-4-2-3-5-8(7)11(12)10/h2-5H,1H3. The van der Waals surface area contributed by atoms with Crippen molar-refractivity contribution in [1.29, 1.82) is 0 Å². The Kier molecular flexibility index (Phi) is 2.26. The Labute approximate surface area is 88.4 Å². The summed E-state index contributed by atoms with van der Waals surface area (Å²) in [5.74, 6) is -0.986. The number of carbonyl (C=O) groups is 2. The first-order chi connectivity index (χ1) is 6.63. The Bertz CT molecular complexity index is 421. The number of fused-ring (bicyclic) bond motifs is 1. The van der Waals surface area contributed by atoms with E-state index in [0.29, 0.717) is 9.13 Å². The van der Waals surface area contributed by atoms with Crippen molar-refractivity contribution in [3.8, 4) is 0 Å². The predicted octanol–water partition coefficient (Wildman–Crippen LogP) is 2.16. The number of nitrogens with zero attached hydrogens (tertiary/aromatic N) is 1. The summed E-state index contributed by atoms with van der Waals surface area (Å²) in [5.41, 5.74) is 0.343. The zero-order chi connectivity index (χ0) is 10.3. The van der Waals surface area contributed by atoms with E-state index < -0.39 is 32.5 Å². The fraction of sp³-hybridized carbons (Fsp3) is 0.111. The zero-order valence-corrected chi connectivity index (χ0v) is 9.49. The first-order valence-electron chi connectivity index (χ1n) is 3.93. The molecule has 2 rings (SSSR count). The first-order valence-corrected chi connectivity index (χ1v) is 6.79. The van der Waals surface area contributed by atoms with Gasteiger partial charge >= 0.3 is 88.4 Å². The van der Waals surface area contributed by atoms with Gasteiger partial charge in [-0.1, -0.05) is 0 Å². The molecule has 3 nitrogen and oxygen atoms in total. The monoisotopic (exact) mass is 307 g/mol. The minimum atomic E-state index is -3.22. The van der Waals surface area contributed by atoms with Crippen LogP contribution < -0.4 is 0 Å². The van der Waals surface area contributed by atoms with E-state index in [1.165, 1.54) is 6.92 Å². The molecule has 0 N–H and O–H groups in total.